The van der Waals surface area contributed by atoms with Gasteiger partial charge in [-0.2, -0.15) is 0 Å². The molecule has 1 aliphatic heterocycles. The largest absolute Gasteiger partial charge is 0.469 e. The number of nitrogens with zero attached hydrogens (tertiary/aromatic N) is 1. The average Bonchev–Trinajstić information content (AvgIpc) is 3.03. The molecule has 5 heteroatoms. The van der Waals surface area contributed by atoms with Crippen molar-refractivity contribution in [2.45, 2.75) is 6.42 Å². The monoisotopic (exact) mass is 258 g/mol. The molecular formula is C14H14N2O3. The van der Waals surface area contributed by atoms with E-state index in [4.69, 9.17) is 4.74 Å². The van der Waals surface area contributed by atoms with E-state index in [-0.39, 0.29) is 24.2 Å². The Morgan fingerprint density at radius 1 is 1.42 bits per heavy atom. The zero-order chi connectivity index (χ0) is 13.4. The molecular weight excluding hydrogens is 244 g/mol. The number of aromatic amines is 1. The molecule has 1 aromatic heterocycles. The highest BCUT2D eigenvalue weighted by Crippen LogP contribution is 2.28. The summed E-state index contributed by atoms with van der Waals surface area (Å²) in [4.78, 5) is 28.2. The molecule has 2 aromatic rings. The quantitative estimate of drug-likeness (QED) is 0.834. The summed E-state index contributed by atoms with van der Waals surface area (Å²) >= 11 is 0. The van der Waals surface area contributed by atoms with E-state index in [1.807, 2.05) is 30.5 Å². The first-order valence-corrected chi connectivity index (χ1v) is 6.14. The minimum absolute atomic E-state index is 0.0368. The molecule has 2 heterocycles. The van der Waals surface area contributed by atoms with E-state index >= 15 is 0 Å². The van der Waals surface area contributed by atoms with Crippen LogP contribution < -0.4 is 4.90 Å². The summed E-state index contributed by atoms with van der Waals surface area (Å²) in [6, 6.07) is 7.72. The second-order valence-electron chi connectivity index (χ2n) is 4.68. The second kappa shape index (κ2) is 4.42. The molecule has 0 radical (unpaired) electrons. The van der Waals surface area contributed by atoms with Gasteiger partial charge in [0.05, 0.1) is 13.0 Å². The number of anilines is 1. The Hall–Kier alpha value is -2.30. The zero-order valence-electron chi connectivity index (χ0n) is 10.6. The Balaban J connectivity index is 1.89. The Morgan fingerprint density at radius 2 is 2.26 bits per heavy atom. The Kier molecular flexibility index (Phi) is 2.74. The Bertz CT molecular complexity index is 647. The third-order valence-corrected chi connectivity index (χ3v) is 3.51. The molecule has 0 saturated carbocycles. The number of hydrogen-bond acceptors (Lipinski definition) is 3. The van der Waals surface area contributed by atoms with Gasteiger partial charge in [0.2, 0.25) is 5.91 Å². The third kappa shape index (κ3) is 1.97. The van der Waals surface area contributed by atoms with Gasteiger partial charge in [0, 0.05) is 35.8 Å². The van der Waals surface area contributed by atoms with Gasteiger partial charge in [-0.15, -0.1) is 0 Å². The van der Waals surface area contributed by atoms with Crippen molar-refractivity contribution in [3.8, 4) is 0 Å². The van der Waals surface area contributed by atoms with Crippen LogP contribution in [0.25, 0.3) is 10.9 Å². The summed E-state index contributed by atoms with van der Waals surface area (Å²) in [5.74, 6) is -0.719. The lowest BCUT2D eigenvalue weighted by molar-refractivity contribution is -0.145. The Labute approximate surface area is 110 Å². The number of rotatable bonds is 2. The molecule has 1 aromatic carbocycles. The van der Waals surface area contributed by atoms with Crippen LogP contribution in [0, 0.1) is 5.92 Å². The van der Waals surface area contributed by atoms with E-state index in [9.17, 15) is 9.59 Å². The van der Waals surface area contributed by atoms with Crippen LogP contribution >= 0.6 is 0 Å². The van der Waals surface area contributed by atoms with Crippen molar-refractivity contribution < 1.29 is 14.3 Å². The molecule has 0 spiro atoms. The fraction of sp³-hybridized carbons (Fsp3) is 0.286. The normalized spacial score (nSPS) is 19.1. The highest BCUT2D eigenvalue weighted by Gasteiger charge is 2.35. The van der Waals surface area contributed by atoms with Crippen molar-refractivity contribution in [3.63, 3.8) is 0 Å². The number of ether oxygens (including phenoxy) is 1. The lowest BCUT2D eigenvalue weighted by atomic mass is 10.1. The summed E-state index contributed by atoms with van der Waals surface area (Å²) in [5, 5.41) is 1.05. The lowest BCUT2D eigenvalue weighted by Gasteiger charge is -2.16. The van der Waals surface area contributed by atoms with Gasteiger partial charge >= 0.3 is 5.97 Å². The van der Waals surface area contributed by atoms with E-state index < -0.39 is 0 Å². The van der Waals surface area contributed by atoms with Crippen LogP contribution in [-0.2, 0) is 14.3 Å². The minimum atomic E-state index is -0.362. The van der Waals surface area contributed by atoms with Crippen LogP contribution in [0.4, 0.5) is 5.69 Å². The van der Waals surface area contributed by atoms with Crippen LogP contribution in [0.5, 0.6) is 0 Å². The number of benzene rings is 1. The highest BCUT2D eigenvalue weighted by molar-refractivity contribution is 6.00. The van der Waals surface area contributed by atoms with Gasteiger partial charge in [-0.05, 0) is 24.3 Å². The lowest BCUT2D eigenvalue weighted by Crippen LogP contribution is -2.26. The van der Waals surface area contributed by atoms with Gasteiger partial charge in [0.25, 0.3) is 0 Å². The van der Waals surface area contributed by atoms with Crippen LogP contribution in [0.15, 0.2) is 30.5 Å². The van der Waals surface area contributed by atoms with Crippen molar-refractivity contribution in [2.75, 3.05) is 18.6 Å². The van der Waals surface area contributed by atoms with E-state index in [2.05, 4.69) is 4.98 Å². The molecule has 0 aliphatic carbocycles. The maximum atomic E-state index is 12.0. The predicted octanol–water partition coefficient (Wildman–Crippen LogP) is 1.69. The first kappa shape index (κ1) is 11.8. The molecule has 1 amide bonds. The van der Waals surface area contributed by atoms with Crippen molar-refractivity contribution in [1.29, 1.82) is 0 Å². The molecule has 19 heavy (non-hydrogen) atoms. The number of carbonyl (C=O) groups is 2. The molecule has 1 fully saturated rings. The Morgan fingerprint density at radius 3 is 3.05 bits per heavy atom. The molecule has 1 saturated heterocycles. The van der Waals surface area contributed by atoms with Gasteiger partial charge in [-0.3, -0.25) is 9.59 Å². The summed E-state index contributed by atoms with van der Waals surface area (Å²) in [5.41, 5.74) is 1.85. The van der Waals surface area contributed by atoms with E-state index in [1.54, 1.807) is 4.90 Å². The third-order valence-electron chi connectivity index (χ3n) is 3.51. The fourth-order valence-electron chi connectivity index (χ4n) is 2.49. The molecule has 1 N–H and O–H groups in total. The second-order valence-corrected chi connectivity index (χ2v) is 4.68. The zero-order valence-corrected chi connectivity index (χ0v) is 10.6. The molecule has 1 unspecified atom stereocenters. The number of carbonyl (C=O) groups excluding carboxylic acids is 2. The van der Waals surface area contributed by atoms with E-state index in [1.165, 1.54) is 7.11 Å². The van der Waals surface area contributed by atoms with Crippen molar-refractivity contribution >= 4 is 28.5 Å². The maximum absolute atomic E-state index is 12.0. The molecule has 1 atom stereocenters. The molecule has 0 bridgehead atoms. The number of esters is 1. The molecule has 3 rings (SSSR count). The number of aromatic nitrogens is 1. The minimum Gasteiger partial charge on any atom is -0.469 e. The highest BCUT2D eigenvalue weighted by atomic mass is 16.5. The number of methoxy groups -OCH3 is 1. The SMILES string of the molecule is COC(=O)C1CC(=O)N(c2ccc3[nH]ccc3c2)C1. The summed E-state index contributed by atoms with van der Waals surface area (Å²) in [6.07, 6.45) is 2.08. The van der Waals surface area contributed by atoms with E-state index in [0.717, 1.165) is 16.6 Å². The molecule has 98 valence electrons. The molecule has 5 nitrogen and oxygen atoms in total. The number of hydrogen-bond donors (Lipinski definition) is 1. The topological polar surface area (TPSA) is 62.4 Å². The number of H-pyrrole nitrogens is 1. The predicted molar refractivity (Wildman–Crippen MR) is 70.8 cm³/mol. The van der Waals surface area contributed by atoms with Crippen molar-refractivity contribution in [2.24, 2.45) is 5.92 Å². The first-order valence-electron chi connectivity index (χ1n) is 6.14. The van der Waals surface area contributed by atoms with E-state index in [0.29, 0.717) is 6.54 Å². The number of fused-ring (bicyclic) bond motifs is 1. The van der Waals surface area contributed by atoms with Crippen LogP contribution in [0.3, 0.4) is 0 Å². The van der Waals surface area contributed by atoms with Gasteiger partial charge in [0.15, 0.2) is 0 Å². The number of nitrogens with one attached hydrogen (secondary N) is 1. The average molecular weight is 258 g/mol. The van der Waals surface area contributed by atoms with Crippen molar-refractivity contribution in [3.05, 3.63) is 30.5 Å². The standard InChI is InChI=1S/C14H14N2O3/c1-19-14(18)10-7-13(17)16(8-10)11-2-3-12-9(6-11)4-5-15-12/h2-6,10,15H,7-8H2,1H3. The van der Waals surface area contributed by atoms with Crippen LogP contribution in [0.2, 0.25) is 0 Å². The fourth-order valence-corrected chi connectivity index (χ4v) is 2.49. The van der Waals surface area contributed by atoms with Gasteiger partial charge in [-0.25, -0.2) is 0 Å². The van der Waals surface area contributed by atoms with Crippen molar-refractivity contribution in [1.82, 2.24) is 4.98 Å². The van der Waals surface area contributed by atoms with Crippen LogP contribution in [-0.4, -0.2) is 30.5 Å². The summed E-state index contributed by atoms with van der Waals surface area (Å²) < 4.78 is 4.70. The smallest absolute Gasteiger partial charge is 0.311 e. The first-order chi connectivity index (χ1) is 9.19. The van der Waals surface area contributed by atoms with Crippen LogP contribution in [0.1, 0.15) is 6.42 Å². The van der Waals surface area contributed by atoms with Gasteiger partial charge < -0.3 is 14.6 Å². The summed E-state index contributed by atoms with van der Waals surface area (Å²) in [7, 11) is 1.35. The summed E-state index contributed by atoms with van der Waals surface area (Å²) in [6.45, 7) is 0.390. The number of amides is 1. The van der Waals surface area contributed by atoms with Gasteiger partial charge in [0.1, 0.15) is 0 Å². The molecule has 1 aliphatic rings. The maximum Gasteiger partial charge on any atom is 0.311 e. The van der Waals surface area contributed by atoms with Gasteiger partial charge in [-0.1, -0.05) is 0 Å².